The molecule has 2 unspecified atom stereocenters. The molecular formula is C16H20N4O. The fourth-order valence-corrected chi connectivity index (χ4v) is 2.89. The minimum Gasteiger partial charge on any atom is -0.357 e. The molecule has 3 N–H and O–H groups in total. The van der Waals surface area contributed by atoms with Crippen molar-refractivity contribution < 1.29 is 0 Å². The van der Waals surface area contributed by atoms with Crippen molar-refractivity contribution in [2.75, 3.05) is 5.32 Å². The molecule has 0 radical (unpaired) electrons. The van der Waals surface area contributed by atoms with Crippen LogP contribution in [0.5, 0.6) is 0 Å². The molecule has 0 amide bonds. The molecule has 3 rings (SSSR count). The van der Waals surface area contributed by atoms with Gasteiger partial charge >= 0.3 is 0 Å². The van der Waals surface area contributed by atoms with E-state index in [2.05, 4.69) is 22.4 Å². The Morgan fingerprint density at radius 3 is 2.90 bits per heavy atom. The molecule has 110 valence electrons. The molecule has 0 saturated carbocycles. The lowest BCUT2D eigenvalue weighted by molar-refractivity contribution is 0.570. The Morgan fingerprint density at radius 1 is 1.38 bits per heavy atom. The van der Waals surface area contributed by atoms with E-state index in [1.807, 2.05) is 26.0 Å². The maximum Gasteiger partial charge on any atom is 0.293 e. The van der Waals surface area contributed by atoms with Gasteiger partial charge < -0.3 is 15.6 Å². The van der Waals surface area contributed by atoms with Gasteiger partial charge in [-0.25, -0.2) is 4.98 Å². The maximum atomic E-state index is 12.4. The van der Waals surface area contributed by atoms with Crippen LogP contribution < -0.4 is 16.6 Å². The van der Waals surface area contributed by atoms with Crippen LogP contribution in [0.1, 0.15) is 37.1 Å². The van der Waals surface area contributed by atoms with Crippen LogP contribution in [0.25, 0.3) is 0 Å². The molecule has 1 aliphatic rings. The molecule has 0 spiro atoms. The summed E-state index contributed by atoms with van der Waals surface area (Å²) < 4.78 is 1.67. The normalized spacial score (nSPS) is 20.6. The summed E-state index contributed by atoms with van der Waals surface area (Å²) in [6.07, 6.45) is 4.18. The lowest BCUT2D eigenvalue weighted by Crippen LogP contribution is -2.33. The minimum atomic E-state index is -0.107. The number of hydrogen-bond acceptors (Lipinski definition) is 4. The average molecular weight is 284 g/mol. The maximum absolute atomic E-state index is 12.4. The summed E-state index contributed by atoms with van der Waals surface area (Å²) in [4.78, 5) is 16.6. The second-order valence-corrected chi connectivity index (χ2v) is 5.77. The summed E-state index contributed by atoms with van der Waals surface area (Å²) in [5.41, 5.74) is 8.52. The fraction of sp³-hybridized carbons (Fsp3) is 0.375. The molecule has 21 heavy (non-hydrogen) atoms. The quantitative estimate of drug-likeness (QED) is 0.902. The first-order valence-electron chi connectivity index (χ1n) is 7.25. The van der Waals surface area contributed by atoms with E-state index in [1.165, 1.54) is 5.56 Å². The van der Waals surface area contributed by atoms with E-state index in [0.29, 0.717) is 5.82 Å². The van der Waals surface area contributed by atoms with Crippen molar-refractivity contribution in [2.45, 2.75) is 38.4 Å². The Labute approximate surface area is 123 Å². The van der Waals surface area contributed by atoms with Gasteiger partial charge in [0.2, 0.25) is 0 Å². The van der Waals surface area contributed by atoms with Crippen molar-refractivity contribution in [1.82, 2.24) is 9.55 Å². The number of nitrogens with two attached hydrogens (primary N) is 1. The van der Waals surface area contributed by atoms with Crippen molar-refractivity contribution in [3.8, 4) is 0 Å². The predicted octanol–water partition coefficient (Wildman–Crippen LogP) is 1.86. The summed E-state index contributed by atoms with van der Waals surface area (Å²) in [5, 5.41) is 3.24. The number of hydrogen-bond donors (Lipinski definition) is 2. The molecule has 5 heteroatoms. The smallest absolute Gasteiger partial charge is 0.293 e. The SMILES string of the molecule is CC(C)n1ccnc(NC2c3ccccc3CC2N)c1=O. The molecule has 2 aromatic rings. The first kappa shape index (κ1) is 13.8. The molecule has 2 atom stereocenters. The molecule has 0 fully saturated rings. The minimum absolute atomic E-state index is 0.0451. The highest BCUT2D eigenvalue weighted by molar-refractivity contribution is 5.44. The predicted molar refractivity (Wildman–Crippen MR) is 83.4 cm³/mol. The highest BCUT2D eigenvalue weighted by Crippen LogP contribution is 2.31. The zero-order valence-corrected chi connectivity index (χ0v) is 12.3. The van der Waals surface area contributed by atoms with Gasteiger partial charge in [0.1, 0.15) is 0 Å². The van der Waals surface area contributed by atoms with E-state index in [1.54, 1.807) is 17.0 Å². The molecule has 1 heterocycles. The van der Waals surface area contributed by atoms with E-state index >= 15 is 0 Å². The van der Waals surface area contributed by atoms with Crippen LogP contribution >= 0.6 is 0 Å². The highest BCUT2D eigenvalue weighted by atomic mass is 16.1. The lowest BCUT2D eigenvalue weighted by Gasteiger charge is -2.20. The van der Waals surface area contributed by atoms with Crippen molar-refractivity contribution in [3.05, 3.63) is 58.1 Å². The zero-order valence-electron chi connectivity index (χ0n) is 12.3. The van der Waals surface area contributed by atoms with Crippen molar-refractivity contribution >= 4 is 5.82 Å². The third-order valence-corrected chi connectivity index (χ3v) is 3.99. The van der Waals surface area contributed by atoms with Crippen LogP contribution in [0.3, 0.4) is 0 Å². The molecule has 0 bridgehead atoms. The first-order valence-corrected chi connectivity index (χ1v) is 7.25. The van der Waals surface area contributed by atoms with Gasteiger partial charge in [0.25, 0.3) is 5.56 Å². The van der Waals surface area contributed by atoms with Crippen LogP contribution in [-0.4, -0.2) is 15.6 Å². The summed E-state index contributed by atoms with van der Waals surface area (Å²) in [6.45, 7) is 3.95. The topological polar surface area (TPSA) is 72.9 Å². The standard InChI is InChI=1S/C16H20N4O/c1-10(2)20-8-7-18-15(16(20)21)19-14-12-6-4-3-5-11(12)9-13(14)17/h3-8,10,13-14H,9,17H2,1-2H3,(H,18,19). The second-order valence-electron chi connectivity index (χ2n) is 5.77. The van der Waals surface area contributed by atoms with Crippen LogP contribution in [-0.2, 0) is 6.42 Å². The van der Waals surface area contributed by atoms with Crippen LogP contribution in [0.15, 0.2) is 41.5 Å². The lowest BCUT2D eigenvalue weighted by atomic mass is 10.1. The van der Waals surface area contributed by atoms with Crippen LogP contribution in [0, 0.1) is 0 Å². The summed E-state index contributed by atoms with van der Waals surface area (Å²) >= 11 is 0. The number of rotatable bonds is 3. The summed E-state index contributed by atoms with van der Waals surface area (Å²) in [5.74, 6) is 0.364. The van der Waals surface area contributed by atoms with Gasteiger partial charge in [0.05, 0.1) is 6.04 Å². The monoisotopic (exact) mass is 284 g/mol. The largest absolute Gasteiger partial charge is 0.357 e. The third-order valence-electron chi connectivity index (χ3n) is 3.99. The van der Waals surface area contributed by atoms with Gasteiger partial charge in [-0.1, -0.05) is 24.3 Å². The number of aromatic nitrogens is 2. The fourth-order valence-electron chi connectivity index (χ4n) is 2.89. The number of nitrogens with one attached hydrogen (secondary N) is 1. The molecule has 1 aliphatic carbocycles. The van der Waals surface area contributed by atoms with Gasteiger partial charge in [-0.3, -0.25) is 4.79 Å². The van der Waals surface area contributed by atoms with Gasteiger partial charge in [0.15, 0.2) is 5.82 Å². The number of nitrogens with zero attached hydrogens (tertiary/aromatic N) is 2. The molecule has 1 aromatic carbocycles. The van der Waals surface area contributed by atoms with Crippen molar-refractivity contribution in [1.29, 1.82) is 0 Å². The number of anilines is 1. The Morgan fingerprint density at radius 2 is 2.14 bits per heavy atom. The number of benzene rings is 1. The van der Waals surface area contributed by atoms with E-state index in [-0.39, 0.29) is 23.7 Å². The Balaban J connectivity index is 1.95. The second kappa shape index (κ2) is 5.33. The average Bonchev–Trinajstić information content (AvgIpc) is 2.77. The van der Waals surface area contributed by atoms with E-state index in [0.717, 1.165) is 12.0 Å². The Bertz CT molecular complexity index is 707. The van der Waals surface area contributed by atoms with Gasteiger partial charge in [-0.05, 0) is 31.4 Å². The molecule has 1 aromatic heterocycles. The molecule has 0 aliphatic heterocycles. The Kier molecular flexibility index (Phi) is 3.51. The summed E-state index contributed by atoms with van der Waals surface area (Å²) in [7, 11) is 0. The Hall–Kier alpha value is -2.14. The van der Waals surface area contributed by atoms with Crippen molar-refractivity contribution in [3.63, 3.8) is 0 Å². The van der Waals surface area contributed by atoms with E-state index in [4.69, 9.17) is 5.73 Å². The first-order chi connectivity index (χ1) is 10.1. The van der Waals surface area contributed by atoms with Gasteiger partial charge in [-0.15, -0.1) is 0 Å². The van der Waals surface area contributed by atoms with Crippen molar-refractivity contribution in [2.24, 2.45) is 5.73 Å². The van der Waals surface area contributed by atoms with Crippen LogP contribution in [0.2, 0.25) is 0 Å². The zero-order chi connectivity index (χ0) is 15.0. The molecular weight excluding hydrogens is 264 g/mol. The molecule has 0 saturated heterocycles. The highest BCUT2D eigenvalue weighted by Gasteiger charge is 2.30. The molecule has 5 nitrogen and oxygen atoms in total. The van der Waals surface area contributed by atoms with E-state index < -0.39 is 0 Å². The van der Waals surface area contributed by atoms with Crippen LogP contribution in [0.4, 0.5) is 5.82 Å². The van der Waals surface area contributed by atoms with Gasteiger partial charge in [0, 0.05) is 24.5 Å². The number of fused-ring (bicyclic) bond motifs is 1. The van der Waals surface area contributed by atoms with Gasteiger partial charge in [-0.2, -0.15) is 0 Å². The summed E-state index contributed by atoms with van der Waals surface area (Å²) in [6, 6.07) is 8.15. The van der Waals surface area contributed by atoms with E-state index in [9.17, 15) is 4.79 Å². The third kappa shape index (κ3) is 2.45.